The van der Waals surface area contributed by atoms with E-state index in [2.05, 4.69) is 13.8 Å². The van der Waals surface area contributed by atoms with Gasteiger partial charge in [0.2, 0.25) is 0 Å². The molecule has 2 aliphatic carbocycles. The Balaban J connectivity index is 1.86. The number of hydrogen-bond donors (Lipinski definition) is 0. The number of rotatable bonds is 7. The molecular weight excluding hydrogens is 260 g/mol. The van der Waals surface area contributed by atoms with E-state index in [1.807, 2.05) is 7.11 Å². The van der Waals surface area contributed by atoms with Crippen molar-refractivity contribution in [1.82, 2.24) is 0 Å². The van der Waals surface area contributed by atoms with Crippen LogP contribution in [-0.4, -0.2) is 25.9 Å². The molecule has 2 heteroatoms. The first-order chi connectivity index (χ1) is 10.2. The van der Waals surface area contributed by atoms with Crippen LogP contribution in [0.1, 0.15) is 78.1 Å². The molecular formula is C19H36O2. The van der Waals surface area contributed by atoms with E-state index < -0.39 is 0 Å². The zero-order valence-corrected chi connectivity index (χ0v) is 14.5. The van der Waals surface area contributed by atoms with Gasteiger partial charge in [0.25, 0.3) is 0 Å². The normalized spacial score (nSPS) is 31.0. The van der Waals surface area contributed by atoms with Crippen molar-refractivity contribution in [2.75, 3.05) is 13.7 Å². The fraction of sp³-hybridized carbons (Fsp3) is 1.00. The minimum Gasteiger partial charge on any atom is -0.381 e. The summed E-state index contributed by atoms with van der Waals surface area (Å²) in [5.74, 6) is 2.46. The Hall–Kier alpha value is -0.0800. The largest absolute Gasteiger partial charge is 0.381 e. The molecule has 0 radical (unpaired) electrons. The topological polar surface area (TPSA) is 18.5 Å². The SMILES string of the molecule is CCOC(CC1CCCC([C@@H](C)OC)C1)C1CCCCC1. The summed E-state index contributed by atoms with van der Waals surface area (Å²) < 4.78 is 11.8. The molecule has 0 aromatic carbocycles. The van der Waals surface area contributed by atoms with Crippen molar-refractivity contribution >= 4 is 0 Å². The van der Waals surface area contributed by atoms with Gasteiger partial charge in [0.15, 0.2) is 0 Å². The lowest BCUT2D eigenvalue weighted by Crippen LogP contribution is -2.32. The minimum absolute atomic E-state index is 0.424. The average Bonchev–Trinajstić information content (AvgIpc) is 2.55. The van der Waals surface area contributed by atoms with E-state index in [4.69, 9.17) is 9.47 Å². The van der Waals surface area contributed by atoms with Gasteiger partial charge in [-0.2, -0.15) is 0 Å². The third-order valence-corrected chi connectivity index (χ3v) is 5.98. The summed E-state index contributed by atoms with van der Waals surface area (Å²) in [6, 6.07) is 0. The fourth-order valence-electron chi connectivity index (χ4n) is 4.61. The molecule has 2 aliphatic rings. The molecule has 0 heterocycles. The van der Waals surface area contributed by atoms with E-state index in [-0.39, 0.29) is 0 Å². The highest BCUT2D eigenvalue weighted by atomic mass is 16.5. The van der Waals surface area contributed by atoms with Crippen LogP contribution in [0.15, 0.2) is 0 Å². The summed E-state index contributed by atoms with van der Waals surface area (Å²) in [6.45, 7) is 5.28. The summed E-state index contributed by atoms with van der Waals surface area (Å²) in [5.41, 5.74) is 0. The van der Waals surface area contributed by atoms with Gasteiger partial charge in [-0.15, -0.1) is 0 Å². The van der Waals surface area contributed by atoms with Crippen molar-refractivity contribution in [3.05, 3.63) is 0 Å². The zero-order valence-electron chi connectivity index (χ0n) is 14.5. The summed E-state index contributed by atoms with van der Waals surface area (Å²) in [4.78, 5) is 0. The second-order valence-electron chi connectivity index (χ2n) is 7.36. The monoisotopic (exact) mass is 296 g/mol. The predicted molar refractivity (Wildman–Crippen MR) is 88.5 cm³/mol. The van der Waals surface area contributed by atoms with Crippen molar-refractivity contribution in [2.45, 2.75) is 90.3 Å². The summed E-state index contributed by atoms with van der Waals surface area (Å²) in [5, 5.41) is 0. The molecule has 0 aromatic heterocycles. The lowest BCUT2D eigenvalue weighted by atomic mass is 9.74. The van der Waals surface area contributed by atoms with Gasteiger partial charge >= 0.3 is 0 Å². The maximum absolute atomic E-state index is 6.17. The van der Waals surface area contributed by atoms with Crippen molar-refractivity contribution in [2.24, 2.45) is 17.8 Å². The highest BCUT2D eigenvalue weighted by Gasteiger charge is 2.31. The molecule has 0 amide bonds. The van der Waals surface area contributed by atoms with Gasteiger partial charge in [0.1, 0.15) is 0 Å². The highest BCUT2D eigenvalue weighted by molar-refractivity contribution is 4.82. The van der Waals surface area contributed by atoms with Crippen LogP contribution < -0.4 is 0 Å². The molecule has 2 fully saturated rings. The molecule has 0 bridgehead atoms. The first kappa shape index (κ1) is 17.3. The fourth-order valence-corrected chi connectivity index (χ4v) is 4.61. The van der Waals surface area contributed by atoms with E-state index in [0.29, 0.717) is 12.2 Å². The molecule has 124 valence electrons. The molecule has 2 rings (SSSR count). The van der Waals surface area contributed by atoms with Gasteiger partial charge in [-0.05, 0) is 63.7 Å². The Morgan fingerprint density at radius 3 is 2.33 bits per heavy atom. The summed E-state index contributed by atoms with van der Waals surface area (Å²) >= 11 is 0. The lowest BCUT2D eigenvalue weighted by Gasteiger charge is -2.37. The molecule has 2 nitrogen and oxygen atoms in total. The van der Waals surface area contributed by atoms with Gasteiger partial charge < -0.3 is 9.47 Å². The molecule has 2 saturated carbocycles. The quantitative estimate of drug-likeness (QED) is 0.642. The number of methoxy groups -OCH3 is 1. The van der Waals surface area contributed by atoms with Gasteiger partial charge in [-0.25, -0.2) is 0 Å². The van der Waals surface area contributed by atoms with Crippen LogP contribution >= 0.6 is 0 Å². The molecule has 21 heavy (non-hydrogen) atoms. The van der Waals surface area contributed by atoms with Crippen molar-refractivity contribution in [1.29, 1.82) is 0 Å². The van der Waals surface area contributed by atoms with Crippen molar-refractivity contribution in [3.8, 4) is 0 Å². The second kappa shape index (κ2) is 9.15. The first-order valence-electron chi connectivity index (χ1n) is 9.39. The van der Waals surface area contributed by atoms with Crippen LogP contribution in [0.5, 0.6) is 0 Å². The highest BCUT2D eigenvalue weighted by Crippen LogP contribution is 2.38. The van der Waals surface area contributed by atoms with E-state index in [9.17, 15) is 0 Å². The molecule has 0 aromatic rings. The molecule has 0 saturated heterocycles. The Morgan fingerprint density at radius 2 is 1.67 bits per heavy atom. The Bertz CT molecular complexity index is 273. The van der Waals surface area contributed by atoms with Crippen LogP contribution in [0.3, 0.4) is 0 Å². The standard InChI is InChI=1S/C19H36O2/c1-4-21-19(17-10-6-5-7-11-17)14-16-9-8-12-18(13-16)15(2)20-3/h15-19H,4-14H2,1-3H3/t15-,16?,18?,19?/m1/s1. The van der Waals surface area contributed by atoms with E-state index in [0.717, 1.165) is 24.4 Å². The van der Waals surface area contributed by atoms with E-state index in [1.54, 1.807) is 0 Å². The summed E-state index contributed by atoms with van der Waals surface area (Å²) in [7, 11) is 1.86. The second-order valence-corrected chi connectivity index (χ2v) is 7.36. The van der Waals surface area contributed by atoms with Gasteiger partial charge in [-0.3, -0.25) is 0 Å². The smallest absolute Gasteiger partial charge is 0.0605 e. The molecule has 0 spiro atoms. The lowest BCUT2D eigenvalue weighted by molar-refractivity contribution is -0.0213. The maximum Gasteiger partial charge on any atom is 0.0605 e. The molecule has 4 atom stereocenters. The van der Waals surface area contributed by atoms with E-state index >= 15 is 0 Å². The molecule has 0 N–H and O–H groups in total. The Labute approximate surface area is 132 Å². The van der Waals surface area contributed by atoms with Crippen LogP contribution in [0.4, 0.5) is 0 Å². The van der Waals surface area contributed by atoms with Crippen molar-refractivity contribution in [3.63, 3.8) is 0 Å². The van der Waals surface area contributed by atoms with Crippen LogP contribution in [0, 0.1) is 17.8 Å². The number of hydrogen-bond acceptors (Lipinski definition) is 2. The Kier molecular flexibility index (Phi) is 7.53. The van der Waals surface area contributed by atoms with Crippen LogP contribution in [0.2, 0.25) is 0 Å². The van der Waals surface area contributed by atoms with Gasteiger partial charge in [0, 0.05) is 13.7 Å². The predicted octanol–water partition coefficient (Wildman–Crippen LogP) is 5.20. The third kappa shape index (κ3) is 5.25. The third-order valence-electron chi connectivity index (χ3n) is 5.98. The van der Waals surface area contributed by atoms with E-state index in [1.165, 1.54) is 64.2 Å². The average molecular weight is 296 g/mol. The van der Waals surface area contributed by atoms with Crippen molar-refractivity contribution < 1.29 is 9.47 Å². The minimum atomic E-state index is 0.424. The maximum atomic E-state index is 6.17. The van der Waals surface area contributed by atoms with Crippen LogP contribution in [0.25, 0.3) is 0 Å². The number of ether oxygens (including phenoxy) is 2. The summed E-state index contributed by atoms with van der Waals surface area (Å²) in [6.07, 6.45) is 14.8. The molecule has 0 aliphatic heterocycles. The van der Waals surface area contributed by atoms with Crippen LogP contribution in [-0.2, 0) is 9.47 Å². The first-order valence-corrected chi connectivity index (χ1v) is 9.39. The van der Waals surface area contributed by atoms with Gasteiger partial charge in [-0.1, -0.05) is 32.1 Å². The molecule has 3 unspecified atom stereocenters. The van der Waals surface area contributed by atoms with Gasteiger partial charge in [0.05, 0.1) is 12.2 Å². The Morgan fingerprint density at radius 1 is 0.952 bits per heavy atom. The zero-order chi connectivity index (χ0) is 15.1.